The normalized spacial score (nSPS) is 10.5. The number of halogens is 1. The van der Waals surface area contributed by atoms with Crippen molar-refractivity contribution in [1.29, 1.82) is 0 Å². The van der Waals surface area contributed by atoms with Gasteiger partial charge in [0.1, 0.15) is 5.75 Å². The molecule has 3 nitrogen and oxygen atoms in total. The first-order valence-electron chi connectivity index (χ1n) is 7.27. The van der Waals surface area contributed by atoms with Crippen LogP contribution in [0.25, 0.3) is 10.8 Å². The Kier molecular flexibility index (Phi) is 4.63. The van der Waals surface area contributed by atoms with E-state index in [4.69, 9.17) is 4.74 Å². The Hall–Kier alpha value is -2.33. The Balaban J connectivity index is 1.93. The largest absolute Gasteiger partial charge is 0.496 e. The standard InChI is InChI=1S/C19H16BrNO2/c1-23-18-10-7-13-11-14(20)8-9-16(13)17(18)12-19(22)21-15-5-3-2-4-6-15/h2-11H,12H2,1H3,(H,21,22). The lowest BCUT2D eigenvalue weighted by Gasteiger charge is -2.13. The number of hydrogen-bond acceptors (Lipinski definition) is 2. The summed E-state index contributed by atoms with van der Waals surface area (Å²) < 4.78 is 6.45. The molecule has 0 atom stereocenters. The number of hydrogen-bond donors (Lipinski definition) is 1. The summed E-state index contributed by atoms with van der Waals surface area (Å²) in [6.45, 7) is 0. The van der Waals surface area contributed by atoms with E-state index in [0.717, 1.165) is 32.2 Å². The Bertz CT molecular complexity index is 847. The second kappa shape index (κ2) is 6.84. The predicted molar refractivity (Wildman–Crippen MR) is 97.0 cm³/mol. The maximum absolute atomic E-state index is 12.4. The van der Waals surface area contributed by atoms with Gasteiger partial charge in [-0.05, 0) is 41.1 Å². The monoisotopic (exact) mass is 369 g/mol. The van der Waals surface area contributed by atoms with Crippen LogP contribution in [0.15, 0.2) is 65.1 Å². The summed E-state index contributed by atoms with van der Waals surface area (Å²) in [6.07, 6.45) is 0.261. The highest BCUT2D eigenvalue weighted by atomic mass is 79.9. The van der Waals surface area contributed by atoms with Crippen LogP contribution in [0.1, 0.15) is 5.56 Å². The third-order valence-electron chi connectivity index (χ3n) is 3.67. The zero-order valence-electron chi connectivity index (χ0n) is 12.7. The van der Waals surface area contributed by atoms with Crippen molar-refractivity contribution in [3.8, 4) is 5.75 Å². The number of anilines is 1. The lowest BCUT2D eigenvalue weighted by molar-refractivity contribution is -0.115. The molecule has 0 unspecified atom stereocenters. The van der Waals surface area contributed by atoms with Crippen LogP contribution in [0.2, 0.25) is 0 Å². The number of amides is 1. The summed E-state index contributed by atoms with van der Waals surface area (Å²) in [4.78, 5) is 12.4. The fourth-order valence-corrected chi connectivity index (χ4v) is 2.98. The molecule has 116 valence electrons. The number of methoxy groups -OCH3 is 1. The molecule has 0 aliphatic heterocycles. The van der Waals surface area contributed by atoms with Gasteiger partial charge in [0.15, 0.2) is 0 Å². The van der Waals surface area contributed by atoms with Crippen molar-refractivity contribution in [2.24, 2.45) is 0 Å². The number of carbonyl (C=O) groups is 1. The molecule has 0 aromatic heterocycles. The van der Waals surface area contributed by atoms with Gasteiger partial charge in [-0.2, -0.15) is 0 Å². The van der Waals surface area contributed by atoms with Gasteiger partial charge in [0.2, 0.25) is 5.91 Å². The van der Waals surface area contributed by atoms with Crippen LogP contribution >= 0.6 is 15.9 Å². The molecule has 1 amide bonds. The van der Waals surface area contributed by atoms with Crippen LogP contribution in [0.4, 0.5) is 5.69 Å². The smallest absolute Gasteiger partial charge is 0.228 e. The fourth-order valence-electron chi connectivity index (χ4n) is 2.61. The third kappa shape index (κ3) is 3.54. The summed E-state index contributed by atoms with van der Waals surface area (Å²) in [5, 5.41) is 5.01. The minimum atomic E-state index is -0.0649. The van der Waals surface area contributed by atoms with Gasteiger partial charge in [0.25, 0.3) is 0 Å². The second-order valence-corrected chi connectivity index (χ2v) is 6.12. The molecule has 4 heteroatoms. The van der Waals surface area contributed by atoms with Crippen molar-refractivity contribution in [3.63, 3.8) is 0 Å². The molecule has 3 aromatic carbocycles. The summed E-state index contributed by atoms with van der Waals surface area (Å²) in [7, 11) is 1.62. The van der Waals surface area contributed by atoms with Gasteiger partial charge in [-0.1, -0.05) is 46.3 Å². The summed E-state index contributed by atoms with van der Waals surface area (Å²) in [5.41, 5.74) is 1.69. The number of para-hydroxylation sites is 1. The average molecular weight is 370 g/mol. The molecule has 0 bridgehead atoms. The molecule has 0 heterocycles. The van der Waals surface area contributed by atoms with Crippen LogP contribution in [-0.4, -0.2) is 13.0 Å². The highest BCUT2D eigenvalue weighted by molar-refractivity contribution is 9.10. The lowest BCUT2D eigenvalue weighted by atomic mass is 10.0. The molecule has 0 fully saturated rings. The molecular formula is C19H16BrNO2. The second-order valence-electron chi connectivity index (χ2n) is 5.20. The zero-order chi connectivity index (χ0) is 16.2. The summed E-state index contributed by atoms with van der Waals surface area (Å²) >= 11 is 3.48. The van der Waals surface area contributed by atoms with E-state index in [1.165, 1.54) is 0 Å². The molecule has 0 radical (unpaired) electrons. The van der Waals surface area contributed by atoms with Gasteiger partial charge in [0, 0.05) is 15.7 Å². The van der Waals surface area contributed by atoms with E-state index in [1.807, 2.05) is 60.7 Å². The molecule has 0 aliphatic rings. The molecular weight excluding hydrogens is 354 g/mol. The van der Waals surface area contributed by atoms with Crippen molar-refractivity contribution in [1.82, 2.24) is 0 Å². The summed E-state index contributed by atoms with van der Waals surface area (Å²) in [6, 6.07) is 19.4. The molecule has 23 heavy (non-hydrogen) atoms. The Morgan fingerprint density at radius 2 is 1.87 bits per heavy atom. The van der Waals surface area contributed by atoms with E-state index >= 15 is 0 Å². The first-order valence-corrected chi connectivity index (χ1v) is 8.06. The van der Waals surface area contributed by atoms with Gasteiger partial charge < -0.3 is 10.1 Å². The molecule has 3 rings (SSSR count). The number of nitrogens with one attached hydrogen (secondary N) is 1. The van der Waals surface area contributed by atoms with Crippen molar-refractivity contribution >= 4 is 38.3 Å². The van der Waals surface area contributed by atoms with E-state index in [-0.39, 0.29) is 12.3 Å². The van der Waals surface area contributed by atoms with Crippen LogP contribution in [0.3, 0.4) is 0 Å². The highest BCUT2D eigenvalue weighted by Gasteiger charge is 2.13. The zero-order valence-corrected chi connectivity index (χ0v) is 14.3. The maximum atomic E-state index is 12.4. The Morgan fingerprint density at radius 1 is 1.09 bits per heavy atom. The SMILES string of the molecule is COc1ccc2cc(Br)ccc2c1CC(=O)Nc1ccccc1. The van der Waals surface area contributed by atoms with Crippen molar-refractivity contribution in [2.75, 3.05) is 12.4 Å². The molecule has 0 aliphatic carbocycles. The van der Waals surface area contributed by atoms with Gasteiger partial charge in [-0.15, -0.1) is 0 Å². The number of ether oxygens (including phenoxy) is 1. The van der Waals surface area contributed by atoms with Crippen molar-refractivity contribution < 1.29 is 9.53 Å². The fraction of sp³-hybridized carbons (Fsp3) is 0.105. The van der Waals surface area contributed by atoms with E-state index in [2.05, 4.69) is 21.2 Å². The van der Waals surface area contributed by atoms with E-state index in [9.17, 15) is 4.79 Å². The highest BCUT2D eigenvalue weighted by Crippen LogP contribution is 2.30. The Labute approximate surface area is 143 Å². The van der Waals surface area contributed by atoms with Crippen LogP contribution in [0, 0.1) is 0 Å². The van der Waals surface area contributed by atoms with E-state index in [1.54, 1.807) is 7.11 Å². The molecule has 0 saturated carbocycles. The predicted octanol–water partition coefficient (Wildman–Crippen LogP) is 4.79. The number of benzene rings is 3. The number of fused-ring (bicyclic) bond motifs is 1. The van der Waals surface area contributed by atoms with Crippen LogP contribution in [-0.2, 0) is 11.2 Å². The molecule has 0 spiro atoms. The van der Waals surface area contributed by atoms with Gasteiger partial charge in [0.05, 0.1) is 13.5 Å². The van der Waals surface area contributed by atoms with E-state index < -0.39 is 0 Å². The Morgan fingerprint density at radius 3 is 2.61 bits per heavy atom. The molecule has 1 N–H and O–H groups in total. The van der Waals surface area contributed by atoms with Crippen molar-refractivity contribution in [3.05, 3.63) is 70.7 Å². The maximum Gasteiger partial charge on any atom is 0.228 e. The van der Waals surface area contributed by atoms with E-state index in [0.29, 0.717) is 0 Å². The summed E-state index contributed by atoms with van der Waals surface area (Å²) in [5.74, 6) is 0.660. The van der Waals surface area contributed by atoms with Crippen LogP contribution in [0.5, 0.6) is 5.75 Å². The first kappa shape index (κ1) is 15.6. The third-order valence-corrected chi connectivity index (χ3v) is 4.16. The molecule has 3 aromatic rings. The number of carbonyl (C=O) groups excluding carboxylic acids is 1. The van der Waals surface area contributed by atoms with Crippen LogP contribution < -0.4 is 10.1 Å². The minimum Gasteiger partial charge on any atom is -0.496 e. The van der Waals surface area contributed by atoms with Gasteiger partial charge in [-0.3, -0.25) is 4.79 Å². The number of rotatable bonds is 4. The minimum absolute atomic E-state index is 0.0649. The quantitative estimate of drug-likeness (QED) is 0.717. The van der Waals surface area contributed by atoms with Gasteiger partial charge >= 0.3 is 0 Å². The lowest BCUT2D eigenvalue weighted by Crippen LogP contribution is -2.15. The molecule has 0 saturated heterocycles. The topological polar surface area (TPSA) is 38.3 Å². The first-order chi connectivity index (χ1) is 11.2. The average Bonchev–Trinajstić information content (AvgIpc) is 2.55. The van der Waals surface area contributed by atoms with Crippen molar-refractivity contribution in [2.45, 2.75) is 6.42 Å². The van der Waals surface area contributed by atoms with Gasteiger partial charge in [-0.25, -0.2) is 0 Å².